The zero-order valence-electron chi connectivity index (χ0n) is 14.7. The minimum absolute atomic E-state index is 0.216. The third kappa shape index (κ3) is 3.47. The molecule has 0 radical (unpaired) electrons. The third-order valence-electron chi connectivity index (χ3n) is 4.28. The van der Waals surface area contributed by atoms with Crippen LogP contribution < -0.4 is 0 Å². The van der Waals surface area contributed by atoms with Crippen LogP contribution in [0.15, 0.2) is 45.2 Å². The number of fused-ring (bicyclic) bond motifs is 1. The fraction of sp³-hybridized carbons (Fsp3) is 0.294. The number of imidazole rings is 1. The average Bonchev–Trinajstić information content (AvgIpc) is 3.28. The van der Waals surface area contributed by atoms with E-state index in [0.717, 1.165) is 16.2 Å². The first-order valence-corrected chi connectivity index (χ1v) is 9.24. The number of nitrogens with zero attached hydrogens (tertiary/aromatic N) is 6. The molecule has 10 heteroatoms. The molecule has 3 aromatic rings. The Morgan fingerprint density at radius 3 is 2.93 bits per heavy atom. The number of aliphatic imine (C=N–C) groups is 1. The van der Waals surface area contributed by atoms with Gasteiger partial charge in [-0.05, 0) is 19.1 Å². The fourth-order valence-corrected chi connectivity index (χ4v) is 3.46. The van der Waals surface area contributed by atoms with Crippen molar-refractivity contribution in [1.82, 2.24) is 24.5 Å². The van der Waals surface area contributed by atoms with Crippen LogP contribution in [0.2, 0.25) is 0 Å². The Labute approximate surface area is 158 Å². The fourth-order valence-electron chi connectivity index (χ4n) is 2.79. The minimum atomic E-state index is -0.565. The van der Waals surface area contributed by atoms with Crippen LogP contribution in [0.25, 0.3) is 5.65 Å². The summed E-state index contributed by atoms with van der Waals surface area (Å²) in [4.78, 5) is 33.2. The maximum absolute atomic E-state index is 12.3. The van der Waals surface area contributed by atoms with Crippen molar-refractivity contribution < 1.29 is 14.0 Å². The molecule has 0 spiro atoms. The van der Waals surface area contributed by atoms with E-state index in [-0.39, 0.29) is 12.3 Å². The summed E-state index contributed by atoms with van der Waals surface area (Å²) in [6.07, 6.45) is 4.11. The number of pyridine rings is 1. The average molecular weight is 384 g/mol. The lowest BCUT2D eigenvalue weighted by molar-refractivity contribution is -0.129. The Hall–Kier alpha value is -3.01. The highest BCUT2D eigenvalue weighted by atomic mass is 32.2. The Kier molecular flexibility index (Phi) is 4.48. The van der Waals surface area contributed by atoms with Crippen LogP contribution in [0.4, 0.5) is 4.79 Å². The van der Waals surface area contributed by atoms with E-state index < -0.39 is 11.9 Å². The number of hydrogen-bond acceptors (Lipinski definition) is 7. The molecular formula is C17H16N6O3S. The lowest BCUT2D eigenvalue weighted by atomic mass is 9.97. The van der Waals surface area contributed by atoms with Crippen molar-refractivity contribution >= 4 is 35.1 Å². The number of hydrogen-bond donors (Lipinski definition) is 0. The summed E-state index contributed by atoms with van der Waals surface area (Å²) in [7, 11) is 1.41. The Morgan fingerprint density at radius 1 is 1.26 bits per heavy atom. The molecule has 0 N–H and O–H groups in total. The standard InChI is InChI=1S/C17H16N6O3S/c1-10-12(15(24)22(2)16(25)18-10)7-14-20-21-17(26-14)27-9-11-8-23-6-4-3-5-13(23)19-11/h3-6,8,12H,7,9H2,1-2H3. The van der Waals surface area contributed by atoms with Gasteiger partial charge in [0.1, 0.15) is 5.65 Å². The van der Waals surface area contributed by atoms with Gasteiger partial charge in [-0.3, -0.25) is 9.69 Å². The number of carbonyl (C=O) groups is 2. The molecule has 0 saturated heterocycles. The van der Waals surface area contributed by atoms with Gasteiger partial charge in [-0.2, -0.15) is 0 Å². The lowest BCUT2D eigenvalue weighted by Crippen LogP contribution is -2.44. The van der Waals surface area contributed by atoms with Crippen molar-refractivity contribution in [2.75, 3.05) is 7.05 Å². The van der Waals surface area contributed by atoms with Crippen molar-refractivity contribution in [3.05, 3.63) is 42.2 Å². The molecule has 3 aromatic heterocycles. The predicted molar refractivity (Wildman–Crippen MR) is 97.5 cm³/mol. The highest BCUT2D eigenvalue weighted by molar-refractivity contribution is 7.98. The summed E-state index contributed by atoms with van der Waals surface area (Å²) in [6.45, 7) is 1.66. The summed E-state index contributed by atoms with van der Waals surface area (Å²) >= 11 is 1.38. The smallest absolute Gasteiger partial charge is 0.349 e. The zero-order valence-corrected chi connectivity index (χ0v) is 15.5. The van der Waals surface area contributed by atoms with E-state index >= 15 is 0 Å². The monoisotopic (exact) mass is 384 g/mol. The van der Waals surface area contributed by atoms with E-state index in [0.29, 0.717) is 22.6 Å². The second-order valence-electron chi connectivity index (χ2n) is 6.14. The van der Waals surface area contributed by atoms with Crippen LogP contribution in [0.1, 0.15) is 18.5 Å². The molecule has 3 amide bonds. The number of amides is 3. The number of carbonyl (C=O) groups excluding carboxylic acids is 2. The highest BCUT2D eigenvalue weighted by Crippen LogP contribution is 2.23. The van der Waals surface area contributed by atoms with E-state index in [4.69, 9.17) is 4.42 Å². The lowest BCUT2D eigenvalue weighted by Gasteiger charge is -2.24. The molecule has 1 atom stereocenters. The molecule has 1 aliphatic heterocycles. The van der Waals surface area contributed by atoms with Crippen molar-refractivity contribution in [3.63, 3.8) is 0 Å². The van der Waals surface area contributed by atoms with Crippen LogP contribution >= 0.6 is 11.8 Å². The van der Waals surface area contributed by atoms with Gasteiger partial charge in [-0.1, -0.05) is 17.8 Å². The van der Waals surface area contributed by atoms with Crippen molar-refractivity contribution in [2.24, 2.45) is 10.9 Å². The van der Waals surface area contributed by atoms with Gasteiger partial charge in [0.15, 0.2) is 0 Å². The second kappa shape index (κ2) is 6.95. The molecule has 9 nitrogen and oxygen atoms in total. The zero-order chi connectivity index (χ0) is 19.0. The van der Waals surface area contributed by atoms with E-state index in [9.17, 15) is 9.59 Å². The molecule has 0 aromatic carbocycles. The molecule has 1 unspecified atom stereocenters. The van der Waals surface area contributed by atoms with Crippen molar-refractivity contribution in [1.29, 1.82) is 0 Å². The third-order valence-corrected chi connectivity index (χ3v) is 5.13. The summed E-state index contributed by atoms with van der Waals surface area (Å²) in [6, 6.07) is 5.26. The van der Waals surface area contributed by atoms with Gasteiger partial charge in [0.25, 0.3) is 5.22 Å². The van der Waals surface area contributed by atoms with Gasteiger partial charge in [-0.15, -0.1) is 10.2 Å². The maximum atomic E-state index is 12.3. The van der Waals surface area contributed by atoms with Gasteiger partial charge in [0.05, 0.1) is 11.6 Å². The van der Waals surface area contributed by atoms with Crippen LogP contribution in [-0.2, 0) is 17.0 Å². The van der Waals surface area contributed by atoms with Gasteiger partial charge in [0.2, 0.25) is 11.8 Å². The Bertz CT molecular complexity index is 1020. The topological polar surface area (TPSA) is 106 Å². The van der Waals surface area contributed by atoms with Gasteiger partial charge in [0, 0.05) is 37.3 Å². The number of urea groups is 1. The number of thioether (sulfide) groups is 1. The van der Waals surface area contributed by atoms with E-state index in [1.165, 1.54) is 18.8 Å². The van der Waals surface area contributed by atoms with Gasteiger partial charge in [-0.25, -0.2) is 14.8 Å². The summed E-state index contributed by atoms with van der Waals surface area (Å²) in [5, 5.41) is 8.43. The number of aromatic nitrogens is 4. The van der Waals surface area contributed by atoms with Crippen molar-refractivity contribution in [2.45, 2.75) is 24.3 Å². The molecule has 0 fully saturated rings. The largest absolute Gasteiger partial charge is 0.416 e. The summed E-state index contributed by atoms with van der Waals surface area (Å²) < 4.78 is 7.58. The molecule has 1 aliphatic rings. The molecule has 27 heavy (non-hydrogen) atoms. The Balaban J connectivity index is 1.42. The summed E-state index contributed by atoms with van der Waals surface area (Å²) in [5.41, 5.74) is 2.24. The first kappa shape index (κ1) is 17.4. The molecule has 0 bridgehead atoms. The molecule has 4 heterocycles. The summed E-state index contributed by atoms with van der Waals surface area (Å²) in [5.74, 6) is 0.0424. The highest BCUT2D eigenvalue weighted by Gasteiger charge is 2.34. The molecular weight excluding hydrogens is 368 g/mol. The van der Waals surface area contributed by atoms with Crippen molar-refractivity contribution in [3.8, 4) is 0 Å². The molecule has 0 saturated carbocycles. The number of imide groups is 1. The number of rotatable bonds is 5. The van der Waals surface area contributed by atoms with E-state index in [2.05, 4.69) is 20.2 Å². The first-order chi connectivity index (χ1) is 13.0. The van der Waals surface area contributed by atoms with Crippen LogP contribution in [-0.4, -0.2) is 49.2 Å². The van der Waals surface area contributed by atoms with E-state index in [1.54, 1.807) is 6.92 Å². The second-order valence-corrected chi connectivity index (χ2v) is 7.07. The van der Waals surface area contributed by atoms with Crippen LogP contribution in [0.5, 0.6) is 0 Å². The van der Waals surface area contributed by atoms with Gasteiger partial charge >= 0.3 is 6.03 Å². The normalized spacial score (nSPS) is 17.6. The van der Waals surface area contributed by atoms with Crippen LogP contribution in [0.3, 0.4) is 0 Å². The first-order valence-electron chi connectivity index (χ1n) is 8.26. The molecule has 0 aliphatic carbocycles. The quantitative estimate of drug-likeness (QED) is 0.621. The predicted octanol–water partition coefficient (Wildman–Crippen LogP) is 2.22. The van der Waals surface area contributed by atoms with Crippen LogP contribution in [0, 0.1) is 5.92 Å². The van der Waals surface area contributed by atoms with E-state index in [1.807, 2.05) is 35.0 Å². The minimum Gasteiger partial charge on any atom is -0.416 e. The molecule has 4 rings (SSSR count). The Morgan fingerprint density at radius 2 is 2.11 bits per heavy atom. The van der Waals surface area contributed by atoms with Gasteiger partial charge < -0.3 is 8.82 Å². The molecule has 138 valence electrons. The maximum Gasteiger partial charge on any atom is 0.349 e. The SMILES string of the molecule is CC1=NC(=O)N(C)C(=O)C1Cc1nnc(SCc2cn3ccccc3n2)o1.